The van der Waals surface area contributed by atoms with Gasteiger partial charge in [0.1, 0.15) is 23.1 Å². The van der Waals surface area contributed by atoms with Crippen molar-refractivity contribution in [3.05, 3.63) is 57.1 Å². The number of halogens is 2. The largest absolute Gasteiger partial charge is 0.459 e. The minimum atomic E-state index is -0.433. The summed E-state index contributed by atoms with van der Waals surface area (Å²) < 4.78 is 11.9. The van der Waals surface area contributed by atoms with Gasteiger partial charge in [-0.2, -0.15) is 0 Å². The average molecular weight is 341 g/mol. The summed E-state index contributed by atoms with van der Waals surface area (Å²) in [6, 6.07) is 8.73. The van der Waals surface area contributed by atoms with Crippen molar-refractivity contribution in [1.29, 1.82) is 0 Å². The number of fused-ring (bicyclic) bond motifs is 1. The second kappa shape index (κ2) is 4.71. The zero-order valence-corrected chi connectivity index (χ0v) is 12.5. The summed E-state index contributed by atoms with van der Waals surface area (Å²) in [5, 5.41) is 1.65. The van der Waals surface area contributed by atoms with E-state index in [1.807, 2.05) is 31.2 Å². The first-order valence-electron chi connectivity index (χ1n) is 5.75. The predicted octanol–water partition coefficient (Wildman–Crippen LogP) is 4.80. The molecule has 19 heavy (non-hydrogen) atoms. The Bertz CT molecular complexity index is 747. The highest BCUT2D eigenvalue weighted by Crippen LogP contribution is 2.33. The Morgan fingerprint density at radius 2 is 2.00 bits per heavy atom. The first-order valence-corrected chi connectivity index (χ1v) is 6.92. The molecule has 3 rings (SSSR count). The highest BCUT2D eigenvalue weighted by Gasteiger charge is 2.21. The van der Waals surface area contributed by atoms with Gasteiger partial charge in [0.2, 0.25) is 0 Å². The van der Waals surface area contributed by atoms with Gasteiger partial charge in [-0.15, -0.1) is 0 Å². The molecular formula is C14H11BrClNO2. The number of hydrogen-bond acceptors (Lipinski definition) is 3. The lowest BCUT2D eigenvalue weighted by molar-refractivity contribution is 0.432. The molecule has 1 aromatic carbocycles. The zero-order chi connectivity index (χ0) is 13.6. The number of furan rings is 2. The molecule has 2 N–H and O–H groups in total. The van der Waals surface area contributed by atoms with E-state index < -0.39 is 6.04 Å². The Labute approximate surface area is 123 Å². The van der Waals surface area contributed by atoms with E-state index in [1.54, 1.807) is 6.07 Å². The highest BCUT2D eigenvalue weighted by atomic mass is 79.9. The third-order valence-corrected chi connectivity index (χ3v) is 3.78. The van der Waals surface area contributed by atoms with Gasteiger partial charge in [-0.1, -0.05) is 11.6 Å². The Balaban J connectivity index is 2.12. The SMILES string of the molecule is Cc1c(C(N)c2ccc(Br)o2)oc2ccc(Cl)cc12. The normalized spacial score (nSPS) is 13.1. The van der Waals surface area contributed by atoms with Crippen LogP contribution in [0.3, 0.4) is 0 Å². The number of nitrogens with two attached hydrogens (primary N) is 1. The van der Waals surface area contributed by atoms with Gasteiger partial charge in [-0.25, -0.2) is 0 Å². The van der Waals surface area contributed by atoms with Crippen LogP contribution >= 0.6 is 27.5 Å². The summed E-state index contributed by atoms with van der Waals surface area (Å²) >= 11 is 9.27. The maximum absolute atomic E-state index is 6.19. The quantitative estimate of drug-likeness (QED) is 0.729. The molecule has 2 heterocycles. The molecule has 0 radical (unpaired) electrons. The third kappa shape index (κ3) is 2.20. The highest BCUT2D eigenvalue weighted by molar-refractivity contribution is 9.10. The summed E-state index contributed by atoms with van der Waals surface area (Å²) in [5.41, 5.74) is 7.95. The molecule has 1 unspecified atom stereocenters. The van der Waals surface area contributed by atoms with Crippen molar-refractivity contribution in [2.45, 2.75) is 13.0 Å². The van der Waals surface area contributed by atoms with Gasteiger partial charge in [-0.05, 0) is 53.2 Å². The lowest BCUT2D eigenvalue weighted by Gasteiger charge is -2.06. The third-order valence-electron chi connectivity index (χ3n) is 3.12. The molecule has 0 saturated heterocycles. The first kappa shape index (κ1) is 12.8. The Morgan fingerprint density at radius 1 is 1.21 bits per heavy atom. The maximum atomic E-state index is 6.19. The topological polar surface area (TPSA) is 52.3 Å². The van der Waals surface area contributed by atoms with Crippen molar-refractivity contribution in [1.82, 2.24) is 0 Å². The predicted molar refractivity (Wildman–Crippen MR) is 78.4 cm³/mol. The first-order chi connectivity index (χ1) is 9.06. The molecule has 0 amide bonds. The summed E-state index contributed by atoms with van der Waals surface area (Å²) in [5.74, 6) is 1.35. The number of aryl methyl sites for hydroxylation is 1. The molecule has 0 aliphatic carbocycles. The van der Waals surface area contributed by atoms with Crippen LogP contribution in [0.4, 0.5) is 0 Å². The molecular weight excluding hydrogens is 330 g/mol. The van der Waals surface area contributed by atoms with Crippen LogP contribution in [0.25, 0.3) is 11.0 Å². The van der Waals surface area contributed by atoms with Crippen LogP contribution in [0.15, 0.2) is 43.8 Å². The lowest BCUT2D eigenvalue weighted by atomic mass is 10.1. The number of rotatable bonds is 2. The Kier molecular flexibility index (Phi) is 3.17. The molecule has 0 spiro atoms. The summed E-state index contributed by atoms with van der Waals surface area (Å²) in [4.78, 5) is 0. The van der Waals surface area contributed by atoms with Crippen molar-refractivity contribution >= 4 is 38.5 Å². The van der Waals surface area contributed by atoms with Crippen LogP contribution in [0.2, 0.25) is 5.02 Å². The van der Waals surface area contributed by atoms with Gasteiger partial charge >= 0.3 is 0 Å². The molecule has 3 aromatic rings. The second-order valence-electron chi connectivity index (χ2n) is 4.35. The molecule has 3 nitrogen and oxygen atoms in total. The van der Waals surface area contributed by atoms with Gasteiger partial charge < -0.3 is 14.6 Å². The molecule has 0 saturated carbocycles. The van der Waals surface area contributed by atoms with Gasteiger partial charge in [0.15, 0.2) is 4.67 Å². The van der Waals surface area contributed by atoms with E-state index in [4.69, 9.17) is 26.2 Å². The smallest absolute Gasteiger partial charge is 0.169 e. The van der Waals surface area contributed by atoms with E-state index in [1.165, 1.54) is 0 Å². The van der Waals surface area contributed by atoms with Gasteiger partial charge in [0.25, 0.3) is 0 Å². The van der Waals surface area contributed by atoms with Crippen molar-refractivity contribution < 1.29 is 8.83 Å². The van der Waals surface area contributed by atoms with Gasteiger partial charge in [-0.3, -0.25) is 0 Å². The summed E-state index contributed by atoms with van der Waals surface area (Å²) in [7, 11) is 0. The van der Waals surface area contributed by atoms with E-state index in [9.17, 15) is 0 Å². The Morgan fingerprint density at radius 3 is 2.68 bits per heavy atom. The van der Waals surface area contributed by atoms with E-state index >= 15 is 0 Å². The molecule has 98 valence electrons. The lowest BCUT2D eigenvalue weighted by Crippen LogP contribution is -2.10. The van der Waals surface area contributed by atoms with E-state index in [0.717, 1.165) is 16.5 Å². The van der Waals surface area contributed by atoms with Gasteiger partial charge in [0, 0.05) is 16.0 Å². The molecule has 1 atom stereocenters. The fraction of sp³-hybridized carbons (Fsp3) is 0.143. The minimum Gasteiger partial charge on any atom is -0.459 e. The minimum absolute atomic E-state index is 0.433. The Hall–Kier alpha value is -1.23. The van der Waals surface area contributed by atoms with Gasteiger partial charge in [0.05, 0.1) is 0 Å². The van der Waals surface area contributed by atoms with Crippen LogP contribution in [0.1, 0.15) is 23.1 Å². The monoisotopic (exact) mass is 339 g/mol. The molecule has 5 heteroatoms. The van der Waals surface area contributed by atoms with Crippen LogP contribution in [0.5, 0.6) is 0 Å². The van der Waals surface area contributed by atoms with Crippen LogP contribution in [-0.2, 0) is 0 Å². The van der Waals surface area contributed by atoms with Crippen LogP contribution < -0.4 is 5.73 Å². The summed E-state index contributed by atoms with van der Waals surface area (Å²) in [6.45, 7) is 1.97. The standard InChI is InChI=1S/C14H11BrClNO2/c1-7-9-6-8(16)2-3-10(9)19-14(7)13(17)11-4-5-12(15)18-11/h2-6,13H,17H2,1H3. The van der Waals surface area contributed by atoms with E-state index in [0.29, 0.717) is 21.2 Å². The van der Waals surface area contributed by atoms with E-state index in [-0.39, 0.29) is 0 Å². The molecule has 0 aliphatic rings. The van der Waals surface area contributed by atoms with Crippen molar-refractivity contribution in [3.63, 3.8) is 0 Å². The number of hydrogen-bond donors (Lipinski definition) is 1. The maximum Gasteiger partial charge on any atom is 0.169 e. The van der Waals surface area contributed by atoms with Crippen molar-refractivity contribution in [3.8, 4) is 0 Å². The molecule has 0 fully saturated rings. The molecule has 2 aromatic heterocycles. The fourth-order valence-electron chi connectivity index (χ4n) is 2.13. The van der Waals surface area contributed by atoms with E-state index in [2.05, 4.69) is 15.9 Å². The number of benzene rings is 1. The van der Waals surface area contributed by atoms with Crippen LogP contribution in [0, 0.1) is 6.92 Å². The molecule has 0 aliphatic heterocycles. The summed E-state index contributed by atoms with van der Waals surface area (Å²) in [6.07, 6.45) is 0. The van der Waals surface area contributed by atoms with Crippen molar-refractivity contribution in [2.24, 2.45) is 5.73 Å². The van der Waals surface area contributed by atoms with Crippen LogP contribution in [-0.4, -0.2) is 0 Å². The van der Waals surface area contributed by atoms with Crippen molar-refractivity contribution in [2.75, 3.05) is 0 Å². The zero-order valence-electron chi connectivity index (χ0n) is 10.1. The average Bonchev–Trinajstić information content (AvgIpc) is 2.94. The fourth-order valence-corrected chi connectivity index (χ4v) is 2.62. The second-order valence-corrected chi connectivity index (χ2v) is 5.57. The molecule has 0 bridgehead atoms.